The van der Waals surface area contributed by atoms with E-state index in [9.17, 15) is 13.5 Å². The fraction of sp³-hybridized carbons (Fsp3) is 0.346. The molecule has 196 valence electrons. The van der Waals surface area contributed by atoms with E-state index in [4.69, 9.17) is 4.98 Å². The fourth-order valence-corrected chi connectivity index (χ4v) is 5.92. The average Bonchev–Trinajstić information content (AvgIpc) is 3.33. The van der Waals surface area contributed by atoms with Gasteiger partial charge in [-0.1, -0.05) is 32.9 Å². The first-order valence-corrected chi connectivity index (χ1v) is 13.8. The van der Waals surface area contributed by atoms with Crippen LogP contribution < -0.4 is 15.8 Å². The minimum Gasteiger partial charge on any atom is -0.334 e. The van der Waals surface area contributed by atoms with E-state index in [-0.39, 0.29) is 29.3 Å². The average molecular weight is 552 g/mol. The monoisotopic (exact) mass is 551 g/mol. The summed E-state index contributed by atoms with van der Waals surface area (Å²) in [5, 5.41) is 15.4. The number of fused-ring (bicyclic) bond motifs is 1. The molecule has 12 heteroatoms. The van der Waals surface area contributed by atoms with Crippen molar-refractivity contribution < 1.29 is 8.68 Å². The smallest absolute Gasteiger partial charge is 0.303 e. The summed E-state index contributed by atoms with van der Waals surface area (Å²) in [6.07, 6.45) is 2.23. The number of amides is 1. The van der Waals surface area contributed by atoms with Gasteiger partial charge < -0.3 is 10.2 Å². The molecule has 1 saturated carbocycles. The molecule has 0 atom stereocenters. The summed E-state index contributed by atoms with van der Waals surface area (Å²) < 4.78 is 14.4. The lowest BCUT2D eigenvalue weighted by atomic mass is 9.98. The van der Waals surface area contributed by atoms with Crippen LogP contribution in [0.1, 0.15) is 71.2 Å². The van der Waals surface area contributed by atoms with Gasteiger partial charge in [0.25, 0.3) is 5.91 Å². The van der Waals surface area contributed by atoms with Gasteiger partial charge in [-0.25, -0.2) is 4.98 Å². The molecular formula is C26H26FN7O2S2. The maximum absolute atomic E-state index is 13.7. The van der Waals surface area contributed by atoms with E-state index in [1.165, 1.54) is 11.3 Å². The molecule has 2 aliphatic rings. The van der Waals surface area contributed by atoms with Crippen molar-refractivity contribution in [1.29, 1.82) is 0 Å². The van der Waals surface area contributed by atoms with Crippen LogP contribution in [0.2, 0.25) is 0 Å². The van der Waals surface area contributed by atoms with Crippen molar-refractivity contribution in [3.05, 3.63) is 67.5 Å². The lowest BCUT2D eigenvalue weighted by Gasteiger charge is -2.21. The van der Waals surface area contributed by atoms with Crippen LogP contribution in [0.25, 0.3) is 11.3 Å². The highest BCUT2D eigenvalue weighted by molar-refractivity contribution is 7.92. The number of hydrogen-bond donors (Lipinski definition) is 2. The molecule has 1 aliphatic heterocycles. The summed E-state index contributed by atoms with van der Waals surface area (Å²) in [7, 11) is 0. The number of halogens is 1. The third-order valence-corrected chi connectivity index (χ3v) is 8.67. The highest BCUT2D eigenvalue weighted by Crippen LogP contribution is 2.40. The van der Waals surface area contributed by atoms with Crippen molar-refractivity contribution >= 4 is 46.8 Å². The number of carbonyl (C=O) groups is 1. The Morgan fingerprint density at radius 3 is 2.68 bits per heavy atom. The van der Waals surface area contributed by atoms with Gasteiger partial charge in [0.1, 0.15) is 10.6 Å². The largest absolute Gasteiger partial charge is 0.334 e. The molecule has 0 spiro atoms. The van der Waals surface area contributed by atoms with E-state index in [1.54, 1.807) is 11.0 Å². The zero-order valence-corrected chi connectivity index (χ0v) is 23.0. The van der Waals surface area contributed by atoms with Crippen LogP contribution in [-0.2, 0) is 12.0 Å². The van der Waals surface area contributed by atoms with E-state index >= 15 is 0 Å². The number of rotatable bonds is 6. The minimum absolute atomic E-state index is 0.0853. The highest BCUT2D eigenvalue weighted by Gasteiger charge is 2.35. The Morgan fingerprint density at radius 2 is 2.00 bits per heavy atom. The quantitative estimate of drug-likeness (QED) is 0.309. The summed E-state index contributed by atoms with van der Waals surface area (Å²) in [6.45, 7) is 8.52. The van der Waals surface area contributed by atoms with Crippen molar-refractivity contribution in [2.45, 2.75) is 58.4 Å². The van der Waals surface area contributed by atoms with Crippen LogP contribution in [0, 0.1) is 6.92 Å². The number of H-pyrrole nitrogens is 1. The van der Waals surface area contributed by atoms with Crippen molar-refractivity contribution in [3.8, 4) is 11.3 Å². The van der Waals surface area contributed by atoms with Gasteiger partial charge in [-0.2, -0.15) is 10.2 Å². The van der Waals surface area contributed by atoms with E-state index in [2.05, 4.69) is 41.4 Å². The second-order valence-electron chi connectivity index (χ2n) is 10.7. The Hall–Kier alpha value is -3.51. The molecule has 0 saturated heterocycles. The van der Waals surface area contributed by atoms with Crippen molar-refractivity contribution in [1.82, 2.24) is 24.4 Å². The second-order valence-corrected chi connectivity index (χ2v) is 12.2. The number of hydrogen-bond acceptors (Lipinski definition) is 8. The van der Waals surface area contributed by atoms with E-state index < -0.39 is 5.56 Å². The molecule has 4 aromatic rings. The van der Waals surface area contributed by atoms with E-state index in [0.717, 1.165) is 40.5 Å². The first-order chi connectivity index (χ1) is 18.1. The number of nitrogens with zero attached hydrogens (tertiary/aromatic N) is 5. The molecule has 3 aromatic heterocycles. The third kappa shape index (κ3) is 4.31. The Morgan fingerprint density at radius 1 is 1.21 bits per heavy atom. The number of benzene rings is 1. The second kappa shape index (κ2) is 9.05. The fourth-order valence-electron chi connectivity index (χ4n) is 4.56. The Bertz CT molecular complexity index is 1630. The Balaban J connectivity index is 1.34. The van der Waals surface area contributed by atoms with Gasteiger partial charge in [0.15, 0.2) is 18.2 Å². The summed E-state index contributed by atoms with van der Waals surface area (Å²) in [5.74, 6) is 0.874. The van der Waals surface area contributed by atoms with Crippen LogP contribution >= 0.6 is 23.7 Å². The number of thiazole rings is 1. The van der Waals surface area contributed by atoms with Crippen molar-refractivity contribution in [3.63, 3.8) is 0 Å². The number of aromatic amines is 1. The van der Waals surface area contributed by atoms with Crippen LogP contribution in [0.15, 0.2) is 35.1 Å². The molecule has 6 rings (SSSR count). The van der Waals surface area contributed by atoms with Crippen LogP contribution in [0.3, 0.4) is 0 Å². The van der Waals surface area contributed by atoms with Crippen LogP contribution in [0.4, 0.5) is 21.1 Å². The molecule has 1 amide bonds. The first-order valence-electron chi connectivity index (χ1n) is 12.3. The maximum Gasteiger partial charge on any atom is 0.303 e. The minimum atomic E-state index is -0.620. The normalized spacial score (nSPS) is 15.3. The standard InChI is InChI=1S/C26H26FN7O2S2/c1-13-15(6-5-7-20(13)33-12-19-22(24(33)36)37-25(29-19)26(2,3)4)17-10-18(23(35)34(32-17)38-27)28-21-11-16(30-31-21)14-8-9-14/h5-7,10-11,14H,8-9,12H2,1-4H3,(H2,28,30,31). The Kier molecular flexibility index (Phi) is 5.91. The maximum atomic E-state index is 13.7. The summed E-state index contributed by atoms with van der Waals surface area (Å²) in [4.78, 5) is 33.3. The lowest BCUT2D eigenvalue weighted by molar-refractivity contribution is 0.1000. The zero-order valence-electron chi connectivity index (χ0n) is 21.3. The topological polar surface area (TPSA) is 109 Å². The molecule has 2 N–H and O–H groups in total. The SMILES string of the molecule is Cc1c(-c2cc(Nc3cc(C4CC4)[nH]n3)c(=O)n(SF)n2)cccc1N1Cc2nc(C(C)(C)C)sc2C1=O. The molecule has 0 radical (unpaired) electrons. The van der Waals surface area contributed by atoms with Gasteiger partial charge in [-0.15, -0.1) is 19.3 Å². The molecule has 0 unspecified atom stereocenters. The van der Waals surface area contributed by atoms with Crippen molar-refractivity contribution in [2.24, 2.45) is 0 Å². The number of nitrogens with one attached hydrogen (secondary N) is 2. The Labute approximate surface area is 226 Å². The summed E-state index contributed by atoms with van der Waals surface area (Å²) >= 11 is 1.18. The molecule has 1 aromatic carbocycles. The van der Waals surface area contributed by atoms with E-state index in [1.807, 2.05) is 31.2 Å². The van der Waals surface area contributed by atoms with E-state index in [0.29, 0.717) is 38.5 Å². The lowest BCUT2D eigenvalue weighted by Crippen LogP contribution is -2.25. The van der Waals surface area contributed by atoms with Crippen LogP contribution in [-0.4, -0.2) is 30.3 Å². The zero-order chi connectivity index (χ0) is 26.8. The summed E-state index contributed by atoms with van der Waals surface area (Å²) in [6, 6.07) is 9.00. The predicted molar refractivity (Wildman–Crippen MR) is 148 cm³/mol. The molecular weight excluding hydrogens is 525 g/mol. The van der Waals surface area contributed by atoms with Gasteiger partial charge in [-0.05, 0) is 37.5 Å². The third-order valence-electron chi connectivity index (χ3n) is 6.78. The molecule has 9 nitrogen and oxygen atoms in total. The van der Waals surface area contributed by atoms with Gasteiger partial charge in [-0.3, -0.25) is 14.7 Å². The molecule has 0 bridgehead atoms. The predicted octanol–water partition coefficient (Wildman–Crippen LogP) is 5.86. The number of carbonyl (C=O) groups excluding carboxylic acids is 1. The highest BCUT2D eigenvalue weighted by atomic mass is 32.2. The van der Waals surface area contributed by atoms with Gasteiger partial charge in [0, 0.05) is 34.3 Å². The van der Waals surface area contributed by atoms with Gasteiger partial charge >= 0.3 is 5.56 Å². The molecule has 1 fully saturated rings. The molecule has 4 heterocycles. The molecule has 1 aliphatic carbocycles. The first kappa shape index (κ1) is 24.8. The van der Waals surface area contributed by atoms with Gasteiger partial charge in [0.2, 0.25) is 0 Å². The van der Waals surface area contributed by atoms with Crippen molar-refractivity contribution in [2.75, 3.05) is 10.2 Å². The molecule has 38 heavy (non-hydrogen) atoms. The number of anilines is 3. The summed E-state index contributed by atoms with van der Waals surface area (Å²) in [5.41, 5.74) is 3.78. The van der Waals surface area contributed by atoms with Crippen LogP contribution in [0.5, 0.6) is 0 Å². The van der Waals surface area contributed by atoms with Gasteiger partial charge in [0.05, 0.1) is 22.9 Å². The number of aromatic nitrogens is 5.